The van der Waals surface area contributed by atoms with Crippen molar-refractivity contribution in [3.63, 3.8) is 0 Å². The molecule has 1 aromatic heterocycles. The molecule has 0 aliphatic carbocycles. The van der Waals surface area contributed by atoms with Gasteiger partial charge in [0.05, 0.1) is 18.1 Å². The van der Waals surface area contributed by atoms with Crippen molar-refractivity contribution in [2.24, 2.45) is 5.10 Å². The second kappa shape index (κ2) is 11.7. The van der Waals surface area contributed by atoms with Gasteiger partial charge < -0.3 is 4.74 Å². The van der Waals surface area contributed by atoms with Gasteiger partial charge in [0.25, 0.3) is 5.91 Å². The van der Waals surface area contributed by atoms with E-state index in [4.69, 9.17) is 16.3 Å². The molecule has 0 atom stereocenters. The molecule has 4 aromatic rings. The second-order valence-corrected chi connectivity index (χ2v) is 8.84. The molecule has 7 nitrogen and oxygen atoms in total. The molecule has 4 rings (SSSR count). The zero-order valence-electron chi connectivity index (χ0n) is 19.3. The minimum atomic E-state index is -0.245. The molecular weight excluding hydrogens is 482 g/mol. The lowest BCUT2D eigenvalue weighted by Crippen LogP contribution is -2.21. The van der Waals surface area contributed by atoms with Crippen LogP contribution in [0.4, 0.5) is 0 Å². The van der Waals surface area contributed by atoms with E-state index in [0.717, 1.165) is 22.6 Å². The Labute approximate surface area is 213 Å². The lowest BCUT2D eigenvalue weighted by atomic mass is 10.1. The third-order valence-corrected chi connectivity index (χ3v) is 6.19. The summed E-state index contributed by atoms with van der Waals surface area (Å²) >= 11 is 7.22. The summed E-state index contributed by atoms with van der Waals surface area (Å²) in [7, 11) is 0. The SMILES string of the molecule is CCOc1ccc(-n2c(SCC(=O)N/N=C(\C)c3ccc(Cl)cc3)nnc2-c2ccccc2)cc1. The highest BCUT2D eigenvalue weighted by atomic mass is 35.5. The molecule has 1 N–H and O–H groups in total. The first-order chi connectivity index (χ1) is 17.0. The average Bonchev–Trinajstić information content (AvgIpc) is 3.31. The summed E-state index contributed by atoms with van der Waals surface area (Å²) in [6.07, 6.45) is 0. The van der Waals surface area contributed by atoms with Gasteiger partial charge in [0.2, 0.25) is 0 Å². The van der Waals surface area contributed by atoms with Crippen LogP contribution in [0.25, 0.3) is 17.1 Å². The van der Waals surface area contributed by atoms with E-state index in [1.807, 2.05) is 85.1 Å². The molecule has 0 aliphatic rings. The van der Waals surface area contributed by atoms with Crippen molar-refractivity contribution in [1.82, 2.24) is 20.2 Å². The molecule has 35 heavy (non-hydrogen) atoms. The van der Waals surface area contributed by atoms with Crippen molar-refractivity contribution in [3.8, 4) is 22.8 Å². The van der Waals surface area contributed by atoms with Crippen LogP contribution in [0.1, 0.15) is 19.4 Å². The predicted octanol–water partition coefficient (Wildman–Crippen LogP) is 5.62. The summed E-state index contributed by atoms with van der Waals surface area (Å²) in [4.78, 5) is 12.5. The van der Waals surface area contributed by atoms with E-state index >= 15 is 0 Å². The van der Waals surface area contributed by atoms with Crippen molar-refractivity contribution in [2.45, 2.75) is 19.0 Å². The highest BCUT2D eigenvalue weighted by molar-refractivity contribution is 7.99. The van der Waals surface area contributed by atoms with E-state index in [-0.39, 0.29) is 11.7 Å². The van der Waals surface area contributed by atoms with E-state index < -0.39 is 0 Å². The average molecular weight is 506 g/mol. The number of hydrogen-bond donors (Lipinski definition) is 1. The van der Waals surface area contributed by atoms with E-state index in [1.54, 1.807) is 12.1 Å². The number of rotatable bonds is 9. The molecule has 0 saturated carbocycles. The number of carbonyl (C=O) groups excluding carboxylic acids is 1. The molecule has 0 aliphatic heterocycles. The Balaban J connectivity index is 1.52. The molecular formula is C26H24ClN5O2S. The first-order valence-electron chi connectivity index (χ1n) is 11.0. The molecule has 1 amide bonds. The number of thioether (sulfide) groups is 1. The lowest BCUT2D eigenvalue weighted by Gasteiger charge is -2.11. The minimum Gasteiger partial charge on any atom is -0.494 e. The fourth-order valence-electron chi connectivity index (χ4n) is 3.29. The number of hydrogen-bond acceptors (Lipinski definition) is 6. The molecule has 0 unspecified atom stereocenters. The quantitative estimate of drug-likeness (QED) is 0.181. The topological polar surface area (TPSA) is 81.4 Å². The number of nitrogens with zero attached hydrogens (tertiary/aromatic N) is 4. The van der Waals surface area contributed by atoms with Crippen LogP contribution >= 0.6 is 23.4 Å². The Morgan fingerprint density at radius 3 is 2.43 bits per heavy atom. The highest BCUT2D eigenvalue weighted by Crippen LogP contribution is 2.28. The van der Waals surface area contributed by atoms with Gasteiger partial charge in [-0.3, -0.25) is 9.36 Å². The Morgan fingerprint density at radius 1 is 1.03 bits per heavy atom. The van der Waals surface area contributed by atoms with Crippen LogP contribution in [0.3, 0.4) is 0 Å². The van der Waals surface area contributed by atoms with E-state index in [2.05, 4.69) is 20.7 Å². The smallest absolute Gasteiger partial charge is 0.250 e. The van der Waals surface area contributed by atoms with Crippen molar-refractivity contribution < 1.29 is 9.53 Å². The van der Waals surface area contributed by atoms with Gasteiger partial charge in [0.1, 0.15) is 5.75 Å². The van der Waals surface area contributed by atoms with E-state index in [9.17, 15) is 4.79 Å². The molecule has 1 heterocycles. The van der Waals surface area contributed by atoms with Crippen molar-refractivity contribution >= 4 is 35.0 Å². The van der Waals surface area contributed by atoms with Crippen molar-refractivity contribution in [3.05, 3.63) is 89.4 Å². The van der Waals surface area contributed by atoms with Crippen LogP contribution in [0.5, 0.6) is 5.75 Å². The zero-order valence-corrected chi connectivity index (χ0v) is 20.9. The summed E-state index contributed by atoms with van der Waals surface area (Å²) in [5.41, 5.74) is 5.97. The lowest BCUT2D eigenvalue weighted by molar-refractivity contribution is -0.118. The van der Waals surface area contributed by atoms with Crippen LogP contribution in [0.15, 0.2) is 89.1 Å². The number of aromatic nitrogens is 3. The maximum atomic E-state index is 12.5. The summed E-state index contributed by atoms with van der Waals surface area (Å²) in [5.74, 6) is 1.36. The standard InChI is InChI=1S/C26H24ClN5O2S/c1-3-34-23-15-13-22(14-16-23)32-25(20-7-5-4-6-8-20)30-31-26(32)35-17-24(33)29-28-18(2)19-9-11-21(27)12-10-19/h4-16H,3,17H2,1-2H3,(H,29,33)/b28-18+. The Kier molecular flexibility index (Phi) is 8.18. The number of amides is 1. The first kappa shape index (κ1) is 24.5. The van der Waals surface area contributed by atoms with Gasteiger partial charge in [-0.25, -0.2) is 5.43 Å². The van der Waals surface area contributed by atoms with Crippen LogP contribution < -0.4 is 10.2 Å². The maximum absolute atomic E-state index is 12.5. The number of carbonyl (C=O) groups is 1. The Bertz CT molecular complexity index is 1310. The van der Waals surface area contributed by atoms with Gasteiger partial charge in [-0.15, -0.1) is 10.2 Å². The fourth-order valence-corrected chi connectivity index (χ4v) is 4.16. The maximum Gasteiger partial charge on any atom is 0.250 e. The zero-order chi connectivity index (χ0) is 24.6. The van der Waals surface area contributed by atoms with Crippen LogP contribution in [-0.2, 0) is 4.79 Å². The molecule has 9 heteroatoms. The summed E-state index contributed by atoms with van der Waals surface area (Å²) in [6, 6.07) is 24.8. The normalized spacial score (nSPS) is 11.3. The summed E-state index contributed by atoms with van der Waals surface area (Å²) in [5, 5.41) is 14.2. The van der Waals surface area contributed by atoms with Gasteiger partial charge in [0, 0.05) is 16.3 Å². The van der Waals surface area contributed by atoms with Gasteiger partial charge >= 0.3 is 0 Å². The van der Waals surface area contributed by atoms with E-state index in [0.29, 0.717) is 28.3 Å². The van der Waals surface area contributed by atoms with Gasteiger partial charge in [-0.1, -0.05) is 65.8 Å². The van der Waals surface area contributed by atoms with Gasteiger partial charge in [0.15, 0.2) is 11.0 Å². The summed E-state index contributed by atoms with van der Waals surface area (Å²) < 4.78 is 7.50. The monoisotopic (exact) mass is 505 g/mol. The van der Waals surface area contributed by atoms with Crippen LogP contribution in [0, 0.1) is 0 Å². The molecule has 0 bridgehead atoms. The Morgan fingerprint density at radius 2 is 1.74 bits per heavy atom. The third-order valence-electron chi connectivity index (χ3n) is 5.01. The van der Waals surface area contributed by atoms with Crippen LogP contribution in [-0.4, -0.2) is 38.7 Å². The fraction of sp³-hybridized carbons (Fsp3) is 0.154. The number of halogens is 1. The number of benzene rings is 3. The number of ether oxygens (including phenoxy) is 1. The molecule has 0 saturated heterocycles. The van der Waals surface area contributed by atoms with Crippen LogP contribution in [0.2, 0.25) is 5.02 Å². The second-order valence-electron chi connectivity index (χ2n) is 7.46. The molecule has 0 fully saturated rings. The Hall–Kier alpha value is -3.62. The largest absolute Gasteiger partial charge is 0.494 e. The highest BCUT2D eigenvalue weighted by Gasteiger charge is 2.17. The predicted molar refractivity (Wildman–Crippen MR) is 140 cm³/mol. The van der Waals surface area contributed by atoms with Gasteiger partial charge in [-0.2, -0.15) is 5.10 Å². The first-order valence-corrected chi connectivity index (χ1v) is 12.4. The molecule has 178 valence electrons. The van der Waals surface area contributed by atoms with Crippen molar-refractivity contribution in [2.75, 3.05) is 12.4 Å². The third kappa shape index (κ3) is 6.29. The number of nitrogens with one attached hydrogen (secondary N) is 1. The van der Waals surface area contributed by atoms with Crippen molar-refractivity contribution in [1.29, 1.82) is 0 Å². The van der Waals surface area contributed by atoms with Gasteiger partial charge in [-0.05, 0) is 55.8 Å². The molecule has 0 spiro atoms. The molecule has 3 aromatic carbocycles. The minimum absolute atomic E-state index is 0.126. The number of hydrazone groups is 1. The summed E-state index contributed by atoms with van der Waals surface area (Å²) in [6.45, 7) is 4.37. The molecule has 0 radical (unpaired) electrons. The van der Waals surface area contributed by atoms with E-state index in [1.165, 1.54) is 11.8 Å².